The summed E-state index contributed by atoms with van der Waals surface area (Å²) in [5.74, 6) is 0.999. The van der Waals surface area contributed by atoms with E-state index in [1.54, 1.807) is 45.0 Å². The number of terminal acetylenes is 1. The molecule has 0 aliphatic carbocycles. The lowest BCUT2D eigenvalue weighted by atomic mass is 9.80. The molecule has 4 atom stereocenters. The minimum absolute atomic E-state index is 0.00991. The van der Waals surface area contributed by atoms with Crippen LogP contribution in [0.25, 0.3) is 0 Å². The van der Waals surface area contributed by atoms with Crippen LogP contribution in [0.3, 0.4) is 0 Å². The minimum Gasteiger partial charge on any atom is -0.465 e. The molecule has 10 heteroatoms. The van der Waals surface area contributed by atoms with Gasteiger partial charge in [0.1, 0.15) is 12.1 Å². The van der Waals surface area contributed by atoms with Crippen LogP contribution in [0.4, 0.5) is 4.79 Å². The number of β-amino-alcohol motifs (C(OH)–C–C–N with tert-alkyl or cyclic N) is 1. The molecule has 1 heterocycles. The number of carboxylic acid groups (broad SMARTS) is 1. The number of benzene rings is 1. The number of amides is 4. The van der Waals surface area contributed by atoms with Gasteiger partial charge < -0.3 is 31.1 Å². The number of carbonyl (C=O) groups is 4. The fraction of sp³-hybridized carbons (Fsp3) is 0.500. The van der Waals surface area contributed by atoms with Crippen molar-refractivity contribution < 1.29 is 29.4 Å². The van der Waals surface area contributed by atoms with Gasteiger partial charge in [-0.2, -0.15) is 0 Å². The number of likely N-dealkylation sites (tertiary alicyclic amines) is 1. The third kappa shape index (κ3) is 6.48. The molecule has 0 spiro atoms. The van der Waals surface area contributed by atoms with Gasteiger partial charge in [-0.25, -0.2) is 4.79 Å². The first-order valence-electron chi connectivity index (χ1n) is 10.9. The van der Waals surface area contributed by atoms with Crippen LogP contribution < -0.4 is 16.0 Å². The Balaban J connectivity index is 2.23. The maximum atomic E-state index is 13.4. The fourth-order valence-electron chi connectivity index (χ4n) is 4.05. The topological polar surface area (TPSA) is 148 Å². The largest absolute Gasteiger partial charge is 0.465 e. The van der Waals surface area contributed by atoms with Crippen molar-refractivity contribution in [2.45, 2.75) is 57.8 Å². The third-order valence-electron chi connectivity index (χ3n) is 5.99. The van der Waals surface area contributed by atoms with E-state index in [0.717, 1.165) is 5.56 Å². The van der Waals surface area contributed by atoms with Crippen LogP contribution in [0.15, 0.2) is 24.3 Å². The van der Waals surface area contributed by atoms with E-state index in [0.29, 0.717) is 5.56 Å². The van der Waals surface area contributed by atoms with Crippen LogP contribution in [0.1, 0.15) is 50.8 Å². The van der Waals surface area contributed by atoms with E-state index in [2.05, 4.69) is 21.9 Å². The van der Waals surface area contributed by atoms with E-state index in [1.807, 2.05) is 0 Å². The molecule has 2 rings (SSSR count). The molecule has 5 N–H and O–H groups in total. The van der Waals surface area contributed by atoms with Gasteiger partial charge in [0.25, 0.3) is 0 Å². The summed E-state index contributed by atoms with van der Waals surface area (Å²) in [5, 5.41) is 27.0. The van der Waals surface area contributed by atoms with Gasteiger partial charge in [-0.1, -0.05) is 31.9 Å². The zero-order valence-electron chi connectivity index (χ0n) is 19.8. The highest BCUT2D eigenvalue weighted by Crippen LogP contribution is 2.30. The molecular formula is C24H32N4O6. The second-order valence-corrected chi connectivity index (χ2v) is 9.11. The first kappa shape index (κ1) is 26.7. The molecule has 1 aromatic rings. The Kier molecular flexibility index (Phi) is 8.65. The molecule has 1 aliphatic heterocycles. The highest BCUT2D eigenvalue weighted by Gasteiger charge is 2.46. The highest BCUT2D eigenvalue weighted by atomic mass is 16.4. The summed E-state index contributed by atoms with van der Waals surface area (Å²) in [6.45, 7) is 4.83. The number of aliphatic hydroxyl groups is 1. The number of hydrogen-bond acceptors (Lipinski definition) is 5. The summed E-state index contributed by atoms with van der Waals surface area (Å²) in [5.41, 5.74) is 0.408. The Morgan fingerprint density at radius 2 is 1.82 bits per heavy atom. The molecule has 1 saturated heterocycles. The molecule has 0 saturated carbocycles. The van der Waals surface area contributed by atoms with Crippen molar-refractivity contribution >= 4 is 23.8 Å². The van der Waals surface area contributed by atoms with Crippen molar-refractivity contribution in [3.8, 4) is 12.3 Å². The first-order valence-corrected chi connectivity index (χ1v) is 10.9. The average Bonchev–Trinajstić information content (AvgIpc) is 3.18. The van der Waals surface area contributed by atoms with Crippen molar-refractivity contribution in [2.75, 3.05) is 13.6 Å². The SMILES string of the molecule is C#Cc1ccc([C@H](C)NC(=O)[C@@H]2C[C@@H](O)CN2C(=O)[C@@H](NC(=O)O)C(C)(C)CC(=O)NC)cc1. The normalized spacial score (nSPS) is 19.5. The lowest BCUT2D eigenvalue weighted by Crippen LogP contribution is -2.58. The summed E-state index contributed by atoms with van der Waals surface area (Å²) in [6, 6.07) is 4.39. The summed E-state index contributed by atoms with van der Waals surface area (Å²) >= 11 is 0. The number of nitrogens with zero attached hydrogens (tertiary/aromatic N) is 1. The van der Waals surface area contributed by atoms with Gasteiger partial charge in [0, 0.05) is 37.4 Å². The number of aliphatic hydroxyl groups excluding tert-OH is 1. The molecule has 0 radical (unpaired) electrons. The lowest BCUT2D eigenvalue weighted by molar-refractivity contribution is -0.143. The van der Waals surface area contributed by atoms with Crippen LogP contribution in [-0.2, 0) is 14.4 Å². The van der Waals surface area contributed by atoms with Crippen molar-refractivity contribution in [2.24, 2.45) is 5.41 Å². The van der Waals surface area contributed by atoms with Crippen molar-refractivity contribution in [3.63, 3.8) is 0 Å². The highest BCUT2D eigenvalue weighted by molar-refractivity contribution is 5.93. The van der Waals surface area contributed by atoms with Crippen LogP contribution in [0.5, 0.6) is 0 Å². The van der Waals surface area contributed by atoms with Gasteiger partial charge in [0.05, 0.1) is 12.1 Å². The molecule has 184 valence electrons. The number of carbonyl (C=O) groups excluding carboxylic acids is 3. The Morgan fingerprint density at radius 3 is 2.35 bits per heavy atom. The Hall–Kier alpha value is -3.58. The molecule has 1 aromatic carbocycles. The molecule has 34 heavy (non-hydrogen) atoms. The maximum absolute atomic E-state index is 13.4. The van der Waals surface area contributed by atoms with Gasteiger partial charge in [0.15, 0.2) is 0 Å². The summed E-state index contributed by atoms with van der Waals surface area (Å²) < 4.78 is 0. The second-order valence-electron chi connectivity index (χ2n) is 9.11. The molecule has 4 amide bonds. The van der Waals surface area contributed by atoms with Crippen LogP contribution in [0.2, 0.25) is 0 Å². The van der Waals surface area contributed by atoms with Crippen LogP contribution >= 0.6 is 0 Å². The van der Waals surface area contributed by atoms with Crippen LogP contribution in [-0.4, -0.2) is 70.7 Å². The monoisotopic (exact) mass is 472 g/mol. The van der Waals surface area contributed by atoms with E-state index in [9.17, 15) is 29.4 Å². The van der Waals surface area contributed by atoms with Gasteiger partial charge in [-0.15, -0.1) is 6.42 Å². The Bertz CT molecular complexity index is 969. The third-order valence-corrected chi connectivity index (χ3v) is 5.99. The molecule has 1 aliphatic rings. The lowest BCUT2D eigenvalue weighted by Gasteiger charge is -2.36. The Labute approximate surface area is 199 Å². The van der Waals surface area contributed by atoms with Crippen LogP contribution in [0, 0.1) is 17.8 Å². The van der Waals surface area contributed by atoms with Gasteiger partial charge >= 0.3 is 6.09 Å². The smallest absolute Gasteiger partial charge is 0.405 e. The molecule has 0 aromatic heterocycles. The molecule has 1 fully saturated rings. The average molecular weight is 473 g/mol. The predicted molar refractivity (Wildman–Crippen MR) is 124 cm³/mol. The summed E-state index contributed by atoms with van der Waals surface area (Å²) in [7, 11) is 1.44. The van der Waals surface area contributed by atoms with E-state index >= 15 is 0 Å². The molecule has 10 nitrogen and oxygen atoms in total. The standard InChI is InChI=1S/C24H32N4O6/c1-6-15-7-9-16(10-8-15)14(2)26-21(31)18-11-17(29)13-28(18)22(32)20(27-23(33)34)24(3,4)12-19(30)25-5/h1,7-10,14,17-18,20,27,29H,11-13H2,2-5H3,(H,25,30)(H,26,31)(H,33,34)/t14-,17+,18-,20+/m0/s1. The van der Waals surface area contributed by atoms with Crippen molar-refractivity contribution in [1.29, 1.82) is 0 Å². The van der Waals surface area contributed by atoms with Gasteiger partial charge in [-0.05, 0) is 24.6 Å². The van der Waals surface area contributed by atoms with Gasteiger partial charge in [-0.3, -0.25) is 14.4 Å². The predicted octanol–water partition coefficient (Wildman–Crippen LogP) is 0.605. The van der Waals surface area contributed by atoms with E-state index in [-0.39, 0.29) is 25.3 Å². The quantitative estimate of drug-likeness (QED) is 0.350. The Morgan fingerprint density at radius 1 is 1.21 bits per heavy atom. The van der Waals surface area contributed by atoms with Gasteiger partial charge in [0.2, 0.25) is 17.7 Å². The second kappa shape index (κ2) is 11.0. The fourth-order valence-corrected chi connectivity index (χ4v) is 4.05. The maximum Gasteiger partial charge on any atom is 0.405 e. The number of nitrogens with one attached hydrogen (secondary N) is 3. The van der Waals surface area contributed by atoms with Crippen molar-refractivity contribution in [1.82, 2.24) is 20.9 Å². The van der Waals surface area contributed by atoms with E-state index in [1.165, 1.54) is 11.9 Å². The van der Waals surface area contributed by atoms with E-state index in [4.69, 9.17) is 6.42 Å². The molecule has 0 bridgehead atoms. The first-order chi connectivity index (χ1) is 15.9. The number of hydrogen-bond donors (Lipinski definition) is 5. The minimum atomic E-state index is -1.44. The zero-order chi connectivity index (χ0) is 25.6. The zero-order valence-corrected chi connectivity index (χ0v) is 19.8. The van der Waals surface area contributed by atoms with E-state index < -0.39 is 47.6 Å². The molecular weight excluding hydrogens is 440 g/mol. The van der Waals surface area contributed by atoms with Crippen molar-refractivity contribution in [3.05, 3.63) is 35.4 Å². The molecule has 0 unspecified atom stereocenters. The number of rotatable bonds is 8. The summed E-state index contributed by atoms with van der Waals surface area (Å²) in [6.07, 6.45) is 2.87. The summed E-state index contributed by atoms with van der Waals surface area (Å²) in [4.78, 5) is 51.1.